The Morgan fingerprint density at radius 2 is 2.05 bits per heavy atom. The summed E-state index contributed by atoms with van der Waals surface area (Å²) in [5.74, 6) is -0.469. The minimum atomic E-state index is -0.354. The third kappa shape index (κ3) is 3.32. The maximum atomic E-state index is 14.5. The molecule has 4 heteroatoms. The highest BCUT2D eigenvalue weighted by Crippen LogP contribution is 2.28. The molecular formula is C15H21FN2O. The van der Waals surface area contributed by atoms with Gasteiger partial charge in [0.15, 0.2) is 0 Å². The standard InChI is InChI=1S/C15H21FN2O/c1-10(2)18-15(19)13-5-3-4-12(14(13)16)11-6-8-17-9-7-11/h3-5,10-11,17H,6-9H2,1-2H3,(H,18,19). The maximum absolute atomic E-state index is 14.5. The first-order chi connectivity index (χ1) is 9.09. The van der Waals surface area contributed by atoms with E-state index in [1.165, 1.54) is 0 Å². The summed E-state index contributed by atoms with van der Waals surface area (Å²) in [7, 11) is 0. The van der Waals surface area contributed by atoms with Gasteiger partial charge in [-0.25, -0.2) is 4.39 Å². The lowest BCUT2D eigenvalue weighted by atomic mass is 9.88. The zero-order valence-electron chi connectivity index (χ0n) is 11.5. The van der Waals surface area contributed by atoms with E-state index in [2.05, 4.69) is 10.6 Å². The number of halogens is 1. The number of amides is 1. The first-order valence-corrected chi connectivity index (χ1v) is 6.89. The molecule has 1 fully saturated rings. The Morgan fingerprint density at radius 1 is 1.37 bits per heavy atom. The highest BCUT2D eigenvalue weighted by molar-refractivity contribution is 5.94. The Kier molecular flexibility index (Phi) is 4.53. The van der Waals surface area contributed by atoms with Crippen molar-refractivity contribution in [2.75, 3.05) is 13.1 Å². The molecule has 0 bridgehead atoms. The molecule has 2 rings (SSSR count). The maximum Gasteiger partial charge on any atom is 0.254 e. The van der Waals surface area contributed by atoms with E-state index >= 15 is 0 Å². The van der Waals surface area contributed by atoms with Gasteiger partial charge in [0.25, 0.3) is 5.91 Å². The molecule has 1 saturated heterocycles. The van der Waals surface area contributed by atoms with Crippen LogP contribution in [0.3, 0.4) is 0 Å². The number of rotatable bonds is 3. The van der Waals surface area contributed by atoms with Gasteiger partial charge in [0, 0.05) is 6.04 Å². The van der Waals surface area contributed by atoms with E-state index in [1.54, 1.807) is 18.2 Å². The summed E-state index contributed by atoms with van der Waals surface area (Å²) < 4.78 is 14.5. The SMILES string of the molecule is CC(C)NC(=O)c1cccc(C2CCNCC2)c1F. The van der Waals surface area contributed by atoms with Crippen LogP contribution in [0.4, 0.5) is 4.39 Å². The van der Waals surface area contributed by atoms with Gasteiger partial charge in [-0.05, 0) is 57.3 Å². The van der Waals surface area contributed by atoms with Gasteiger partial charge in [0.1, 0.15) is 5.82 Å². The minimum absolute atomic E-state index is 0.00874. The first kappa shape index (κ1) is 14.0. The van der Waals surface area contributed by atoms with Crippen molar-refractivity contribution in [3.63, 3.8) is 0 Å². The van der Waals surface area contributed by atoms with Crippen molar-refractivity contribution in [2.24, 2.45) is 0 Å². The van der Waals surface area contributed by atoms with Gasteiger partial charge >= 0.3 is 0 Å². The number of hydrogen-bond acceptors (Lipinski definition) is 2. The van der Waals surface area contributed by atoms with E-state index in [-0.39, 0.29) is 29.2 Å². The van der Waals surface area contributed by atoms with E-state index in [0.29, 0.717) is 5.56 Å². The number of carbonyl (C=O) groups is 1. The second-order valence-corrected chi connectivity index (χ2v) is 5.36. The van der Waals surface area contributed by atoms with Crippen LogP contribution in [0.1, 0.15) is 48.5 Å². The molecule has 2 N–H and O–H groups in total. The topological polar surface area (TPSA) is 41.1 Å². The monoisotopic (exact) mass is 264 g/mol. The van der Waals surface area contributed by atoms with Crippen LogP contribution in [-0.4, -0.2) is 25.0 Å². The van der Waals surface area contributed by atoms with Crippen LogP contribution in [0, 0.1) is 5.82 Å². The quantitative estimate of drug-likeness (QED) is 0.880. The predicted octanol–water partition coefficient (Wildman–Crippen LogP) is 2.43. The van der Waals surface area contributed by atoms with Crippen LogP contribution < -0.4 is 10.6 Å². The van der Waals surface area contributed by atoms with Gasteiger partial charge in [0.2, 0.25) is 0 Å². The van der Waals surface area contributed by atoms with Gasteiger partial charge in [-0.2, -0.15) is 0 Å². The lowest BCUT2D eigenvalue weighted by Gasteiger charge is -2.24. The molecule has 1 amide bonds. The van der Waals surface area contributed by atoms with E-state index < -0.39 is 0 Å². The fourth-order valence-electron chi connectivity index (χ4n) is 2.51. The molecule has 0 radical (unpaired) electrons. The van der Waals surface area contributed by atoms with Gasteiger partial charge in [-0.1, -0.05) is 12.1 Å². The minimum Gasteiger partial charge on any atom is -0.350 e. The van der Waals surface area contributed by atoms with Crippen molar-refractivity contribution in [1.82, 2.24) is 10.6 Å². The third-order valence-electron chi connectivity index (χ3n) is 3.47. The number of hydrogen-bond donors (Lipinski definition) is 2. The van der Waals surface area contributed by atoms with Crippen molar-refractivity contribution in [2.45, 2.75) is 38.6 Å². The molecule has 1 heterocycles. The Balaban J connectivity index is 2.24. The smallest absolute Gasteiger partial charge is 0.254 e. The first-order valence-electron chi connectivity index (χ1n) is 6.89. The summed E-state index contributed by atoms with van der Waals surface area (Å²) in [5.41, 5.74) is 0.836. The van der Waals surface area contributed by atoms with E-state index in [1.807, 2.05) is 13.8 Å². The molecule has 0 atom stereocenters. The average Bonchev–Trinajstić information content (AvgIpc) is 2.39. The lowest BCUT2D eigenvalue weighted by Crippen LogP contribution is -2.31. The fourth-order valence-corrected chi connectivity index (χ4v) is 2.51. The Bertz CT molecular complexity index is 453. The molecule has 1 aliphatic rings. The van der Waals surface area contributed by atoms with Crippen LogP contribution in [0.5, 0.6) is 0 Å². The lowest BCUT2D eigenvalue weighted by molar-refractivity contribution is 0.0938. The molecule has 0 spiro atoms. The summed E-state index contributed by atoms with van der Waals surface area (Å²) >= 11 is 0. The molecule has 0 aliphatic carbocycles. The van der Waals surface area contributed by atoms with Crippen molar-refractivity contribution in [3.05, 3.63) is 35.1 Å². The summed E-state index contributed by atoms with van der Waals surface area (Å²) in [5, 5.41) is 6.00. The largest absolute Gasteiger partial charge is 0.350 e. The van der Waals surface area contributed by atoms with E-state index in [0.717, 1.165) is 25.9 Å². The molecule has 0 unspecified atom stereocenters. The van der Waals surface area contributed by atoms with Gasteiger partial charge in [-0.15, -0.1) is 0 Å². The van der Waals surface area contributed by atoms with Crippen molar-refractivity contribution in [3.8, 4) is 0 Å². The molecule has 1 aliphatic heterocycles. The van der Waals surface area contributed by atoms with Gasteiger partial charge in [-0.3, -0.25) is 4.79 Å². The Hall–Kier alpha value is -1.42. The summed E-state index contributed by atoms with van der Waals surface area (Å²) in [6.45, 7) is 5.55. The number of benzene rings is 1. The van der Waals surface area contributed by atoms with Gasteiger partial charge in [0.05, 0.1) is 5.56 Å². The average molecular weight is 264 g/mol. The van der Waals surface area contributed by atoms with Crippen LogP contribution in [0.15, 0.2) is 18.2 Å². The summed E-state index contributed by atoms with van der Waals surface area (Å²) in [6, 6.07) is 5.14. The van der Waals surface area contributed by atoms with Crippen molar-refractivity contribution in [1.29, 1.82) is 0 Å². The summed E-state index contributed by atoms with van der Waals surface area (Å²) in [4.78, 5) is 11.9. The van der Waals surface area contributed by atoms with Crippen LogP contribution in [-0.2, 0) is 0 Å². The molecule has 1 aromatic carbocycles. The highest BCUT2D eigenvalue weighted by atomic mass is 19.1. The van der Waals surface area contributed by atoms with Crippen molar-refractivity contribution < 1.29 is 9.18 Å². The Morgan fingerprint density at radius 3 is 2.68 bits per heavy atom. The zero-order valence-corrected chi connectivity index (χ0v) is 11.5. The highest BCUT2D eigenvalue weighted by Gasteiger charge is 2.22. The molecule has 0 aromatic heterocycles. The second-order valence-electron chi connectivity index (χ2n) is 5.36. The third-order valence-corrected chi connectivity index (χ3v) is 3.47. The molecule has 19 heavy (non-hydrogen) atoms. The fraction of sp³-hybridized carbons (Fsp3) is 0.533. The summed E-state index contributed by atoms with van der Waals surface area (Å²) in [6.07, 6.45) is 1.85. The number of carbonyl (C=O) groups excluding carboxylic acids is 1. The predicted molar refractivity (Wildman–Crippen MR) is 73.8 cm³/mol. The molecule has 1 aromatic rings. The number of piperidine rings is 1. The zero-order chi connectivity index (χ0) is 13.8. The number of nitrogens with one attached hydrogen (secondary N) is 2. The van der Waals surface area contributed by atoms with E-state index in [4.69, 9.17) is 0 Å². The molecule has 0 saturated carbocycles. The van der Waals surface area contributed by atoms with Crippen LogP contribution in [0.2, 0.25) is 0 Å². The second kappa shape index (κ2) is 6.15. The molecule has 3 nitrogen and oxygen atoms in total. The Labute approximate surface area is 113 Å². The van der Waals surface area contributed by atoms with Gasteiger partial charge < -0.3 is 10.6 Å². The molecule has 104 valence electrons. The van der Waals surface area contributed by atoms with Crippen LogP contribution >= 0.6 is 0 Å². The molecular weight excluding hydrogens is 243 g/mol. The van der Waals surface area contributed by atoms with Crippen LogP contribution in [0.25, 0.3) is 0 Å². The normalized spacial score (nSPS) is 16.6. The van der Waals surface area contributed by atoms with Crippen molar-refractivity contribution >= 4 is 5.91 Å². The van der Waals surface area contributed by atoms with E-state index in [9.17, 15) is 9.18 Å².